The molecule has 0 radical (unpaired) electrons. The molecule has 138 valence electrons. The van der Waals surface area contributed by atoms with Crippen LogP contribution in [0.4, 0.5) is 10.5 Å². The fourth-order valence-electron chi connectivity index (χ4n) is 3.95. The number of anilines is 1. The van der Waals surface area contributed by atoms with E-state index in [1.807, 2.05) is 29.2 Å². The van der Waals surface area contributed by atoms with Crippen molar-refractivity contribution in [3.63, 3.8) is 0 Å². The number of hydrogen-bond donors (Lipinski definition) is 1. The van der Waals surface area contributed by atoms with Gasteiger partial charge in [0.15, 0.2) is 0 Å². The van der Waals surface area contributed by atoms with E-state index >= 15 is 0 Å². The van der Waals surface area contributed by atoms with Crippen LogP contribution in [0, 0.1) is 11.8 Å². The van der Waals surface area contributed by atoms with E-state index in [0.29, 0.717) is 11.7 Å². The van der Waals surface area contributed by atoms with Crippen LogP contribution in [0.25, 0.3) is 0 Å². The molecule has 5 nitrogen and oxygen atoms in total. The number of hydrogen-bond acceptors (Lipinski definition) is 3. The lowest BCUT2D eigenvalue weighted by molar-refractivity contribution is 0.124. The van der Waals surface area contributed by atoms with E-state index in [4.69, 9.17) is 4.74 Å². The number of ether oxygens (including phenoxy) is 1. The fraction of sp³-hybridized carbons (Fsp3) is 0.650. The highest BCUT2D eigenvalue weighted by Gasteiger charge is 2.26. The van der Waals surface area contributed by atoms with Crippen LogP contribution in [0.1, 0.15) is 32.6 Å². The summed E-state index contributed by atoms with van der Waals surface area (Å²) in [5.41, 5.74) is 0.738. The van der Waals surface area contributed by atoms with E-state index in [-0.39, 0.29) is 6.03 Å². The standard InChI is InChI=1S/C20H31N3O2/c1-16-9-12-22(13-10-16)14-17-6-5-11-23(15-17)20(24)21-18-7-3-4-8-19(18)25-2/h3-4,7-8,16-17H,5-6,9-15H2,1-2H3,(H,21,24)/t17-/m0/s1. The first-order chi connectivity index (χ1) is 12.2. The first-order valence-electron chi connectivity index (χ1n) is 9.57. The molecule has 2 aliphatic heterocycles. The van der Waals surface area contributed by atoms with Gasteiger partial charge in [-0.05, 0) is 62.7 Å². The summed E-state index contributed by atoms with van der Waals surface area (Å²) in [5.74, 6) is 2.16. The number of amides is 2. The summed E-state index contributed by atoms with van der Waals surface area (Å²) < 4.78 is 5.32. The normalized spacial score (nSPS) is 22.6. The summed E-state index contributed by atoms with van der Waals surface area (Å²) in [5, 5.41) is 3.01. The van der Waals surface area contributed by atoms with Crippen LogP contribution >= 0.6 is 0 Å². The average molecular weight is 345 g/mol. The quantitative estimate of drug-likeness (QED) is 0.905. The van der Waals surface area contributed by atoms with Gasteiger partial charge in [-0.1, -0.05) is 19.1 Å². The molecule has 5 heteroatoms. The molecule has 3 rings (SSSR count). The number of methoxy groups -OCH3 is 1. The number of nitrogens with zero attached hydrogens (tertiary/aromatic N) is 2. The van der Waals surface area contributed by atoms with E-state index in [1.165, 1.54) is 32.4 Å². The summed E-state index contributed by atoms with van der Waals surface area (Å²) in [6, 6.07) is 7.56. The van der Waals surface area contributed by atoms with Gasteiger partial charge in [0.05, 0.1) is 12.8 Å². The topological polar surface area (TPSA) is 44.8 Å². The Labute approximate surface area is 151 Å². The van der Waals surface area contributed by atoms with Gasteiger partial charge in [0.25, 0.3) is 0 Å². The average Bonchev–Trinajstić information content (AvgIpc) is 2.64. The van der Waals surface area contributed by atoms with Crippen LogP contribution in [-0.4, -0.2) is 55.7 Å². The van der Waals surface area contributed by atoms with Gasteiger partial charge in [-0.2, -0.15) is 0 Å². The van der Waals surface area contributed by atoms with Crippen molar-refractivity contribution in [3.8, 4) is 5.75 Å². The number of para-hydroxylation sites is 2. The number of benzene rings is 1. The summed E-state index contributed by atoms with van der Waals surface area (Å²) >= 11 is 0. The minimum Gasteiger partial charge on any atom is -0.495 e. The van der Waals surface area contributed by atoms with Gasteiger partial charge in [0.2, 0.25) is 0 Å². The van der Waals surface area contributed by atoms with E-state index < -0.39 is 0 Å². The minimum absolute atomic E-state index is 0.0125. The second kappa shape index (κ2) is 8.56. The predicted octanol–water partition coefficient (Wildman–Crippen LogP) is 3.67. The molecule has 0 spiro atoms. The van der Waals surface area contributed by atoms with E-state index in [2.05, 4.69) is 17.1 Å². The van der Waals surface area contributed by atoms with Crippen molar-refractivity contribution in [3.05, 3.63) is 24.3 Å². The molecule has 0 unspecified atom stereocenters. The summed E-state index contributed by atoms with van der Waals surface area (Å²) in [6.45, 7) is 7.60. The van der Waals surface area contributed by atoms with Crippen molar-refractivity contribution >= 4 is 11.7 Å². The minimum atomic E-state index is -0.0125. The molecule has 1 aromatic carbocycles. The molecule has 2 fully saturated rings. The molecule has 1 N–H and O–H groups in total. The molecular weight excluding hydrogens is 314 g/mol. The molecule has 1 aromatic rings. The van der Waals surface area contributed by atoms with Crippen LogP contribution in [0.2, 0.25) is 0 Å². The number of carbonyl (C=O) groups excluding carboxylic acids is 1. The molecule has 0 bridgehead atoms. The van der Waals surface area contributed by atoms with Crippen molar-refractivity contribution in [2.24, 2.45) is 11.8 Å². The molecular formula is C20H31N3O2. The zero-order chi connectivity index (χ0) is 17.6. The van der Waals surface area contributed by atoms with Crippen molar-refractivity contribution in [1.29, 1.82) is 0 Å². The zero-order valence-electron chi connectivity index (χ0n) is 15.5. The number of rotatable bonds is 4. The maximum Gasteiger partial charge on any atom is 0.321 e. The molecule has 2 aliphatic rings. The molecule has 2 heterocycles. The third kappa shape index (κ3) is 4.88. The molecule has 2 saturated heterocycles. The van der Waals surface area contributed by atoms with Crippen molar-refractivity contribution in [1.82, 2.24) is 9.80 Å². The Bertz CT molecular complexity index is 570. The lowest BCUT2D eigenvalue weighted by Crippen LogP contribution is -2.46. The lowest BCUT2D eigenvalue weighted by atomic mass is 9.94. The van der Waals surface area contributed by atoms with Gasteiger partial charge in [-0.25, -0.2) is 4.79 Å². The number of piperidine rings is 2. The van der Waals surface area contributed by atoms with Gasteiger partial charge in [-0.3, -0.25) is 0 Å². The second-order valence-electron chi connectivity index (χ2n) is 7.57. The zero-order valence-corrected chi connectivity index (χ0v) is 15.5. The highest BCUT2D eigenvalue weighted by atomic mass is 16.5. The smallest absolute Gasteiger partial charge is 0.321 e. The monoisotopic (exact) mass is 345 g/mol. The highest BCUT2D eigenvalue weighted by Crippen LogP contribution is 2.25. The van der Waals surface area contributed by atoms with E-state index in [0.717, 1.165) is 37.7 Å². The number of nitrogens with one attached hydrogen (secondary N) is 1. The SMILES string of the molecule is COc1ccccc1NC(=O)N1CCC[C@@H](CN2CCC(C)CC2)C1. The molecule has 0 aromatic heterocycles. The molecule has 25 heavy (non-hydrogen) atoms. The van der Waals surface area contributed by atoms with Crippen molar-refractivity contribution in [2.75, 3.05) is 45.2 Å². The van der Waals surface area contributed by atoms with Gasteiger partial charge < -0.3 is 19.9 Å². The molecule has 0 saturated carbocycles. The Hall–Kier alpha value is -1.75. The van der Waals surface area contributed by atoms with E-state index in [9.17, 15) is 4.79 Å². The maximum atomic E-state index is 12.7. The Balaban J connectivity index is 1.53. The predicted molar refractivity (Wildman–Crippen MR) is 101 cm³/mol. The van der Waals surface area contributed by atoms with Crippen LogP contribution in [0.3, 0.4) is 0 Å². The van der Waals surface area contributed by atoms with Gasteiger partial charge in [-0.15, -0.1) is 0 Å². The summed E-state index contributed by atoms with van der Waals surface area (Å²) in [7, 11) is 1.63. The Morgan fingerprint density at radius 2 is 1.96 bits per heavy atom. The molecule has 1 atom stereocenters. The van der Waals surface area contributed by atoms with Crippen LogP contribution in [0.15, 0.2) is 24.3 Å². The number of carbonyl (C=O) groups is 1. The van der Waals surface area contributed by atoms with Gasteiger partial charge >= 0.3 is 6.03 Å². The van der Waals surface area contributed by atoms with E-state index in [1.54, 1.807) is 7.11 Å². The van der Waals surface area contributed by atoms with Crippen molar-refractivity contribution < 1.29 is 9.53 Å². The number of likely N-dealkylation sites (tertiary alicyclic amines) is 2. The third-order valence-corrected chi connectivity index (χ3v) is 5.55. The lowest BCUT2D eigenvalue weighted by Gasteiger charge is -2.37. The van der Waals surface area contributed by atoms with Gasteiger partial charge in [0.1, 0.15) is 5.75 Å². The first-order valence-corrected chi connectivity index (χ1v) is 9.57. The second-order valence-corrected chi connectivity index (χ2v) is 7.57. The van der Waals surface area contributed by atoms with Crippen molar-refractivity contribution in [2.45, 2.75) is 32.6 Å². The fourth-order valence-corrected chi connectivity index (χ4v) is 3.95. The van der Waals surface area contributed by atoms with Crippen LogP contribution < -0.4 is 10.1 Å². The Morgan fingerprint density at radius 3 is 2.72 bits per heavy atom. The number of urea groups is 1. The Kier molecular flexibility index (Phi) is 6.19. The molecule has 0 aliphatic carbocycles. The van der Waals surface area contributed by atoms with Gasteiger partial charge in [0, 0.05) is 19.6 Å². The highest BCUT2D eigenvalue weighted by molar-refractivity contribution is 5.91. The maximum absolute atomic E-state index is 12.7. The third-order valence-electron chi connectivity index (χ3n) is 5.55. The summed E-state index contributed by atoms with van der Waals surface area (Å²) in [6.07, 6.45) is 4.94. The molecule has 2 amide bonds. The first kappa shape index (κ1) is 18.1. The van der Waals surface area contributed by atoms with Crippen LogP contribution in [0.5, 0.6) is 5.75 Å². The Morgan fingerprint density at radius 1 is 1.20 bits per heavy atom. The summed E-state index contributed by atoms with van der Waals surface area (Å²) in [4.78, 5) is 17.2. The van der Waals surface area contributed by atoms with Crippen LogP contribution in [-0.2, 0) is 0 Å². The largest absolute Gasteiger partial charge is 0.495 e.